The van der Waals surface area contributed by atoms with Crippen molar-refractivity contribution < 1.29 is 45.8 Å². The number of rotatable bonds is 13. The number of carbonyl (C=O) groups excluding carboxylic acids is 1. The Hall–Kier alpha value is -4.05. The first-order chi connectivity index (χ1) is 18.6. The van der Waals surface area contributed by atoms with E-state index in [4.69, 9.17) is 31.5 Å². The number of halogens is 3. The molecular formula is C24H30F3N5O7S. The first kappa shape index (κ1) is 32.2. The molecule has 1 unspecified atom stereocenters. The summed E-state index contributed by atoms with van der Waals surface area (Å²) >= 11 is 0. The molecule has 0 spiro atoms. The van der Waals surface area contributed by atoms with Crippen LogP contribution in [-0.4, -0.2) is 68.8 Å². The SMILES string of the molecule is COc1ccc(S(=O)(=O)CC(=O)N(CCCC(N)C(=O)O)C(=N)N)c(NCc2ccc(C(F)(F)F)cc2)c1OC. The van der Waals surface area contributed by atoms with Crippen molar-refractivity contribution in [1.29, 1.82) is 5.41 Å². The maximum atomic E-state index is 13.4. The summed E-state index contributed by atoms with van der Waals surface area (Å²) in [6, 6.07) is 5.48. The van der Waals surface area contributed by atoms with Gasteiger partial charge in [-0.3, -0.25) is 19.9 Å². The summed E-state index contributed by atoms with van der Waals surface area (Å²) in [5.41, 5.74) is 10.3. The van der Waals surface area contributed by atoms with Crippen molar-refractivity contribution in [3.8, 4) is 11.5 Å². The molecule has 0 radical (unpaired) electrons. The van der Waals surface area contributed by atoms with Crippen LogP contribution in [0.4, 0.5) is 18.9 Å². The zero-order chi connectivity index (χ0) is 30.3. The molecule has 0 heterocycles. The van der Waals surface area contributed by atoms with Crippen molar-refractivity contribution >= 4 is 33.4 Å². The Morgan fingerprint density at radius 2 is 1.75 bits per heavy atom. The Labute approximate surface area is 228 Å². The van der Waals surface area contributed by atoms with Gasteiger partial charge >= 0.3 is 12.1 Å². The minimum atomic E-state index is -4.52. The number of nitrogens with one attached hydrogen (secondary N) is 2. The number of hydrogen-bond donors (Lipinski definition) is 5. The van der Waals surface area contributed by atoms with E-state index in [-0.39, 0.29) is 48.0 Å². The van der Waals surface area contributed by atoms with Gasteiger partial charge in [0.1, 0.15) is 11.8 Å². The number of alkyl halides is 3. The summed E-state index contributed by atoms with van der Waals surface area (Å²) in [6.45, 7) is -0.350. The number of methoxy groups -OCH3 is 2. The average Bonchev–Trinajstić information content (AvgIpc) is 2.87. The second-order valence-corrected chi connectivity index (χ2v) is 10.5. The predicted molar refractivity (Wildman–Crippen MR) is 139 cm³/mol. The fraction of sp³-hybridized carbons (Fsp3) is 0.375. The molecule has 220 valence electrons. The highest BCUT2D eigenvalue weighted by atomic mass is 32.2. The Kier molecular flexibility index (Phi) is 10.7. The summed E-state index contributed by atoms with van der Waals surface area (Å²) in [7, 11) is -1.85. The number of carboxylic acid groups (broad SMARTS) is 1. The molecule has 0 aliphatic rings. The van der Waals surface area contributed by atoms with Gasteiger partial charge in [-0.1, -0.05) is 12.1 Å². The van der Waals surface area contributed by atoms with Gasteiger partial charge < -0.3 is 31.4 Å². The van der Waals surface area contributed by atoms with Crippen molar-refractivity contribution in [3.05, 3.63) is 47.5 Å². The van der Waals surface area contributed by atoms with E-state index in [1.54, 1.807) is 0 Å². The number of guanidine groups is 1. The third-order valence-electron chi connectivity index (χ3n) is 5.71. The van der Waals surface area contributed by atoms with E-state index in [0.717, 1.165) is 12.1 Å². The molecule has 0 fully saturated rings. The molecule has 16 heteroatoms. The third kappa shape index (κ3) is 8.22. The number of ether oxygens (including phenoxy) is 2. The number of amides is 1. The molecular weight excluding hydrogens is 559 g/mol. The van der Waals surface area contributed by atoms with Crippen LogP contribution in [0.3, 0.4) is 0 Å². The molecule has 0 saturated carbocycles. The van der Waals surface area contributed by atoms with E-state index in [2.05, 4.69) is 5.32 Å². The number of carboxylic acids is 1. The molecule has 12 nitrogen and oxygen atoms in total. The number of hydrogen-bond acceptors (Lipinski definition) is 9. The maximum absolute atomic E-state index is 13.4. The molecule has 0 aliphatic heterocycles. The second-order valence-electron chi connectivity index (χ2n) is 8.50. The monoisotopic (exact) mass is 589 g/mol. The number of nitrogens with two attached hydrogens (primary N) is 2. The van der Waals surface area contributed by atoms with E-state index < -0.39 is 51.2 Å². The Bertz CT molecular complexity index is 1340. The fourth-order valence-electron chi connectivity index (χ4n) is 3.63. The normalized spacial score (nSPS) is 12.3. The van der Waals surface area contributed by atoms with Gasteiger partial charge in [0.15, 0.2) is 27.3 Å². The van der Waals surface area contributed by atoms with Crippen molar-refractivity contribution in [2.75, 3.05) is 31.8 Å². The smallest absolute Gasteiger partial charge is 0.416 e. The van der Waals surface area contributed by atoms with Crippen LogP contribution in [-0.2, 0) is 32.1 Å². The summed E-state index contributed by atoms with van der Waals surface area (Å²) in [6.07, 6.45) is -4.53. The van der Waals surface area contributed by atoms with E-state index in [1.807, 2.05) is 0 Å². The first-order valence-corrected chi connectivity index (χ1v) is 13.3. The Morgan fingerprint density at radius 3 is 2.25 bits per heavy atom. The van der Waals surface area contributed by atoms with Crippen LogP contribution >= 0.6 is 0 Å². The molecule has 0 aliphatic carbocycles. The van der Waals surface area contributed by atoms with Gasteiger partial charge in [0.25, 0.3) is 0 Å². The zero-order valence-electron chi connectivity index (χ0n) is 21.6. The molecule has 40 heavy (non-hydrogen) atoms. The Morgan fingerprint density at radius 1 is 1.12 bits per heavy atom. The van der Waals surface area contributed by atoms with E-state index in [1.165, 1.54) is 38.5 Å². The van der Waals surface area contributed by atoms with Gasteiger partial charge in [-0.05, 0) is 42.7 Å². The molecule has 0 saturated heterocycles. The first-order valence-electron chi connectivity index (χ1n) is 11.6. The predicted octanol–water partition coefficient (Wildman–Crippen LogP) is 2.02. The topological polar surface area (TPSA) is 198 Å². The lowest BCUT2D eigenvalue weighted by molar-refractivity contribution is -0.139. The Balaban J connectivity index is 2.34. The van der Waals surface area contributed by atoms with Crippen LogP contribution < -0.4 is 26.3 Å². The number of nitrogens with zero attached hydrogens (tertiary/aromatic N) is 1. The highest BCUT2D eigenvalue weighted by Crippen LogP contribution is 2.41. The van der Waals surface area contributed by atoms with Crippen LogP contribution in [0.15, 0.2) is 41.3 Å². The molecule has 2 aromatic rings. The molecule has 7 N–H and O–H groups in total. The van der Waals surface area contributed by atoms with Crippen molar-refractivity contribution in [1.82, 2.24) is 4.90 Å². The fourth-order valence-corrected chi connectivity index (χ4v) is 5.02. The molecule has 2 aromatic carbocycles. The lowest BCUT2D eigenvalue weighted by Gasteiger charge is -2.22. The molecule has 1 atom stereocenters. The van der Waals surface area contributed by atoms with Gasteiger partial charge in [-0.2, -0.15) is 13.2 Å². The molecule has 1 amide bonds. The standard InChI is InChI=1S/C24H30F3N5O7S/c1-38-17-9-10-18(20(21(17)39-2)31-12-14-5-7-15(8-6-14)24(25,26)27)40(36,37)13-19(33)32(23(29)30)11-3-4-16(28)22(34)35/h5-10,16,31H,3-4,11-13,28H2,1-2H3,(H3,29,30)(H,34,35). The lowest BCUT2D eigenvalue weighted by Crippen LogP contribution is -2.45. The summed E-state index contributed by atoms with van der Waals surface area (Å²) in [5.74, 6) is -4.04. The van der Waals surface area contributed by atoms with Crippen LogP contribution in [0.5, 0.6) is 11.5 Å². The number of benzene rings is 2. The summed E-state index contributed by atoms with van der Waals surface area (Å²) in [4.78, 5) is 24.1. The van der Waals surface area contributed by atoms with Crippen LogP contribution in [0.1, 0.15) is 24.0 Å². The van der Waals surface area contributed by atoms with E-state index in [9.17, 15) is 31.2 Å². The molecule has 2 rings (SSSR count). The quantitative estimate of drug-likeness (QED) is 0.170. The van der Waals surface area contributed by atoms with Crippen molar-refractivity contribution in [2.45, 2.75) is 36.5 Å². The van der Waals surface area contributed by atoms with Gasteiger partial charge in [0, 0.05) is 13.1 Å². The average molecular weight is 590 g/mol. The van der Waals surface area contributed by atoms with Gasteiger partial charge in [0.2, 0.25) is 5.91 Å². The van der Waals surface area contributed by atoms with Gasteiger partial charge in [-0.15, -0.1) is 0 Å². The van der Waals surface area contributed by atoms with E-state index in [0.29, 0.717) is 10.5 Å². The third-order valence-corrected chi connectivity index (χ3v) is 7.35. The number of anilines is 1. The van der Waals surface area contributed by atoms with E-state index >= 15 is 0 Å². The number of sulfone groups is 1. The largest absolute Gasteiger partial charge is 0.493 e. The summed E-state index contributed by atoms with van der Waals surface area (Å²) in [5, 5.41) is 19.4. The van der Waals surface area contributed by atoms with Gasteiger partial charge in [0.05, 0.1) is 30.4 Å². The van der Waals surface area contributed by atoms with Crippen molar-refractivity contribution in [2.24, 2.45) is 11.5 Å². The van der Waals surface area contributed by atoms with Crippen LogP contribution in [0, 0.1) is 5.41 Å². The lowest BCUT2D eigenvalue weighted by atomic mass is 10.1. The zero-order valence-corrected chi connectivity index (χ0v) is 22.4. The molecule has 0 aromatic heterocycles. The highest BCUT2D eigenvalue weighted by molar-refractivity contribution is 7.92. The number of carbonyl (C=O) groups is 2. The number of aliphatic carboxylic acids is 1. The van der Waals surface area contributed by atoms with Gasteiger partial charge in [-0.25, -0.2) is 8.42 Å². The van der Waals surface area contributed by atoms with Crippen LogP contribution in [0.2, 0.25) is 0 Å². The second kappa shape index (κ2) is 13.3. The maximum Gasteiger partial charge on any atom is 0.416 e. The van der Waals surface area contributed by atoms with Crippen molar-refractivity contribution in [3.63, 3.8) is 0 Å². The molecule has 0 bridgehead atoms. The minimum absolute atomic E-state index is 0.0333. The highest BCUT2D eigenvalue weighted by Gasteiger charge is 2.31. The summed E-state index contributed by atoms with van der Waals surface area (Å²) < 4.78 is 76.0. The minimum Gasteiger partial charge on any atom is -0.493 e. The van der Waals surface area contributed by atoms with Crippen LogP contribution in [0.25, 0.3) is 0 Å².